The lowest BCUT2D eigenvalue weighted by atomic mass is 9.84. The van der Waals surface area contributed by atoms with E-state index in [9.17, 15) is 4.79 Å². The summed E-state index contributed by atoms with van der Waals surface area (Å²) in [4.78, 5) is 31.2. The van der Waals surface area contributed by atoms with Crippen molar-refractivity contribution < 1.29 is 14.7 Å². The molecule has 1 aromatic heterocycles. The Bertz CT molecular complexity index is 1130. The lowest BCUT2D eigenvalue weighted by molar-refractivity contribution is -0.123. The third-order valence-electron chi connectivity index (χ3n) is 6.01. The van der Waals surface area contributed by atoms with Gasteiger partial charge in [0.05, 0.1) is 0 Å². The molecule has 3 aromatic rings. The fourth-order valence-electron chi connectivity index (χ4n) is 4.36. The molecular weight excluding hydrogens is 454 g/mol. The van der Waals surface area contributed by atoms with Crippen molar-refractivity contribution in [3.05, 3.63) is 72.1 Å². The van der Waals surface area contributed by atoms with Crippen LogP contribution < -0.4 is 15.5 Å². The first-order valence-corrected chi connectivity index (χ1v) is 12.1. The van der Waals surface area contributed by atoms with Crippen molar-refractivity contribution in [2.45, 2.75) is 46.7 Å². The van der Waals surface area contributed by atoms with Gasteiger partial charge in [0.1, 0.15) is 0 Å². The summed E-state index contributed by atoms with van der Waals surface area (Å²) in [7, 11) is 0. The van der Waals surface area contributed by atoms with Gasteiger partial charge in [-0.05, 0) is 47.1 Å². The lowest BCUT2D eigenvalue weighted by Crippen LogP contribution is -2.40. The summed E-state index contributed by atoms with van der Waals surface area (Å²) >= 11 is 0. The van der Waals surface area contributed by atoms with Gasteiger partial charge >= 0.3 is 0 Å². The van der Waals surface area contributed by atoms with Crippen LogP contribution in [0.1, 0.15) is 44.7 Å². The molecule has 0 saturated carbocycles. The van der Waals surface area contributed by atoms with Gasteiger partial charge in [-0.2, -0.15) is 0 Å². The highest BCUT2D eigenvalue weighted by atomic mass is 16.3. The molecule has 1 aliphatic rings. The summed E-state index contributed by atoms with van der Waals surface area (Å²) < 4.78 is 0. The average molecular weight is 490 g/mol. The van der Waals surface area contributed by atoms with E-state index in [0.717, 1.165) is 54.5 Å². The van der Waals surface area contributed by atoms with Gasteiger partial charge in [-0.25, -0.2) is 9.97 Å². The molecular formula is C28H35N5O3. The molecule has 3 N–H and O–H groups in total. The maximum absolute atomic E-state index is 11.2. The van der Waals surface area contributed by atoms with E-state index in [1.54, 1.807) is 0 Å². The number of nitrogens with zero attached hydrogens (tertiary/aromatic N) is 3. The van der Waals surface area contributed by atoms with E-state index < -0.39 is 0 Å². The third-order valence-corrected chi connectivity index (χ3v) is 6.01. The number of rotatable bonds is 7. The largest absolute Gasteiger partial charge is 0.483 e. The summed E-state index contributed by atoms with van der Waals surface area (Å²) in [6.07, 6.45) is 6.30. The quantitative estimate of drug-likeness (QED) is 0.412. The monoisotopic (exact) mass is 489 g/mol. The van der Waals surface area contributed by atoms with Crippen molar-refractivity contribution in [3.63, 3.8) is 0 Å². The number of nitrogens with one attached hydrogen (secondary N) is 2. The zero-order chi connectivity index (χ0) is 26.0. The fraction of sp³-hybridized carbons (Fsp3) is 0.357. The van der Waals surface area contributed by atoms with Crippen LogP contribution in [0.5, 0.6) is 0 Å². The van der Waals surface area contributed by atoms with Crippen LogP contribution in [-0.2, 0) is 22.7 Å². The van der Waals surface area contributed by atoms with E-state index in [1.807, 2.05) is 30.6 Å². The first-order chi connectivity index (χ1) is 17.3. The van der Waals surface area contributed by atoms with Gasteiger partial charge in [0, 0.05) is 56.7 Å². The van der Waals surface area contributed by atoms with Crippen LogP contribution in [0.2, 0.25) is 0 Å². The van der Waals surface area contributed by atoms with Crippen LogP contribution in [0.4, 0.5) is 11.6 Å². The maximum Gasteiger partial charge on any atom is 0.290 e. The molecule has 0 aliphatic carbocycles. The lowest BCUT2D eigenvalue weighted by Gasteiger charge is -2.38. The molecule has 1 aliphatic heterocycles. The van der Waals surface area contributed by atoms with E-state index in [0.29, 0.717) is 5.41 Å². The van der Waals surface area contributed by atoms with E-state index in [2.05, 4.69) is 69.7 Å². The minimum Gasteiger partial charge on any atom is -0.483 e. The number of carbonyl (C=O) groups excluding carboxylic acids is 1. The van der Waals surface area contributed by atoms with Gasteiger partial charge in [-0.1, -0.05) is 50.2 Å². The van der Waals surface area contributed by atoms with Gasteiger partial charge in [-0.3, -0.25) is 9.59 Å². The van der Waals surface area contributed by atoms with E-state index >= 15 is 0 Å². The smallest absolute Gasteiger partial charge is 0.290 e. The molecule has 2 heterocycles. The van der Waals surface area contributed by atoms with Gasteiger partial charge in [0.25, 0.3) is 6.47 Å². The minimum atomic E-state index is -0.250. The second-order valence-corrected chi connectivity index (χ2v) is 9.75. The standard InChI is InChI=1S/C27H33N5O.CH2O2/c1-20(33)31-25-7-4-6-22(14-25)16-28-15-21-8-10-23(11-9-21)24-17-29-26(30-18-24)32-13-5-12-27(2,3)19-32;2-1-3/h4,6-11,14,17-18,28H,5,12-13,15-16,19H2,1-3H3,(H,31,33);1H,(H,2,3). The molecule has 1 saturated heterocycles. The van der Waals surface area contributed by atoms with Crippen molar-refractivity contribution in [1.29, 1.82) is 0 Å². The number of hydrogen-bond donors (Lipinski definition) is 3. The van der Waals surface area contributed by atoms with Crippen molar-refractivity contribution in [2.75, 3.05) is 23.3 Å². The van der Waals surface area contributed by atoms with Crippen LogP contribution in [-0.4, -0.2) is 40.5 Å². The number of aromatic nitrogens is 2. The van der Waals surface area contributed by atoms with Crippen LogP contribution in [0, 0.1) is 5.41 Å². The number of amides is 1. The Labute approximate surface area is 212 Å². The van der Waals surface area contributed by atoms with Crippen LogP contribution in [0.3, 0.4) is 0 Å². The molecule has 1 amide bonds. The van der Waals surface area contributed by atoms with Gasteiger partial charge in [0.15, 0.2) is 0 Å². The Morgan fingerprint density at radius 3 is 2.36 bits per heavy atom. The summed E-state index contributed by atoms with van der Waals surface area (Å²) in [5, 5.41) is 13.2. The first kappa shape index (κ1) is 26.8. The molecule has 0 atom stereocenters. The molecule has 0 spiro atoms. The highest BCUT2D eigenvalue weighted by molar-refractivity contribution is 5.88. The van der Waals surface area contributed by atoms with Crippen molar-refractivity contribution in [3.8, 4) is 11.1 Å². The minimum absolute atomic E-state index is 0.0596. The van der Waals surface area contributed by atoms with E-state index in [4.69, 9.17) is 9.90 Å². The average Bonchev–Trinajstić information content (AvgIpc) is 2.84. The molecule has 1 fully saturated rings. The second-order valence-electron chi connectivity index (χ2n) is 9.75. The second kappa shape index (κ2) is 12.8. The summed E-state index contributed by atoms with van der Waals surface area (Å²) in [5.74, 6) is 0.769. The van der Waals surface area contributed by atoms with Crippen LogP contribution >= 0.6 is 0 Å². The van der Waals surface area contributed by atoms with Crippen molar-refractivity contribution in [1.82, 2.24) is 15.3 Å². The summed E-state index contributed by atoms with van der Waals surface area (Å²) in [6, 6.07) is 16.4. The number of carboxylic acid groups (broad SMARTS) is 1. The molecule has 0 unspecified atom stereocenters. The number of carbonyl (C=O) groups is 2. The predicted octanol–water partition coefficient (Wildman–Crippen LogP) is 4.72. The first-order valence-electron chi connectivity index (χ1n) is 12.1. The summed E-state index contributed by atoms with van der Waals surface area (Å²) in [6.45, 7) is 9.43. The molecule has 8 heteroatoms. The molecule has 0 radical (unpaired) electrons. The Balaban J connectivity index is 0.00000115. The molecule has 4 rings (SSSR count). The molecule has 190 valence electrons. The Kier molecular flexibility index (Phi) is 9.53. The van der Waals surface area contributed by atoms with Crippen LogP contribution in [0.25, 0.3) is 11.1 Å². The number of anilines is 2. The SMILES string of the molecule is CC(=O)Nc1cccc(CNCc2ccc(-c3cnc(N4CCCC(C)(C)C4)nc3)cc2)c1.O=CO. The van der Waals surface area contributed by atoms with E-state index in [-0.39, 0.29) is 12.4 Å². The summed E-state index contributed by atoms with van der Waals surface area (Å²) in [5.41, 5.74) is 5.63. The van der Waals surface area contributed by atoms with Gasteiger partial charge < -0.3 is 20.6 Å². The Hall–Kier alpha value is -3.78. The normalized spacial score (nSPS) is 14.4. The molecule has 36 heavy (non-hydrogen) atoms. The van der Waals surface area contributed by atoms with Crippen molar-refractivity contribution >= 4 is 24.0 Å². The molecule has 0 bridgehead atoms. The van der Waals surface area contributed by atoms with Crippen LogP contribution in [0.15, 0.2) is 60.9 Å². The molecule has 2 aromatic carbocycles. The maximum atomic E-state index is 11.2. The molecule has 8 nitrogen and oxygen atoms in total. The number of piperidine rings is 1. The number of benzene rings is 2. The third kappa shape index (κ3) is 8.16. The van der Waals surface area contributed by atoms with Crippen molar-refractivity contribution in [2.24, 2.45) is 5.41 Å². The van der Waals surface area contributed by atoms with E-state index in [1.165, 1.54) is 25.3 Å². The Morgan fingerprint density at radius 2 is 1.72 bits per heavy atom. The highest BCUT2D eigenvalue weighted by Crippen LogP contribution is 2.30. The zero-order valence-electron chi connectivity index (χ0n) is 21.2. The zero-order valence-corrected chi connectivity index (χ0v) is 21.2. The highest BCUT2D eigenvalue weighted by Gasteiger charge is 2.27. The predicted molar refractivity (Wildman–Crippen MR) is 143 cm³/mol. The number of hydrogen-bond acceptors (Lipinski definition) is 6. The van der Waals surface area contributed by atoms with Gasteiger partial charge in [-0.15, -0.1) is 0 Å². The fourth-order valence-corrected chi connectivity index (χ4v) is 4.36. The van der Waals surface area contributed by atoms with Gasteiger partial charge in [0.2, 0.25) is 11.9 Å². The Morgan fingerprint density at radius 1 is 1.06 bits per heavy atom. The topological polar surface area (TPSA) is 107 Å².